The van der Waals surface area contributed by atoms with Gasteiger partial charge < -0.3 is 0 Å². The number of ketones is 1. The van der Waals surface area contributed by atoms with E-state index in [0.717, 1.165) is 0 Å². The van der Waals surface area contributed by atoms with E-state index >= 15 is 0 Å². The number of benzene rings is 2. The molecule has 2 aromatic rings. The first-order chi connectivity index (χ1) is 9.64. The van der Waals surface area contributed by atoms with E-state index in [4.69, 9.17) is 0 Å². The van der Waals surface area contributed by atoms with E-state index in [-0.39, 0.29) is 5.78 Å². The molecule has 0 aliphatic carbocycles. The Labute approximate surface area is 117 Å². The molecule has 0 radical (unpaired) electrons. The molecule has 0 saturated heterocycles. The molecule has 0 amide bonds. The van der Waals surface area contributed by atoms with Gasteiger partial charge in [-0.3, -0.25) is 4.79 Å². The highest BCUT2D eigenvalue weighted by atomic mass is 19.1. The Bertz CT molecular complexity index is 643. The Morgan fingerprint density at radius 2 is 1.75 bits per heavy atom. The lowest BCUT2D eigenvalue weighted by molar-refractivity contribution is 0.0918. The predicted octanol–water partition coefficient (Wildman–Crippen LogP) is 3.88. The molecule has 3 heteroatoms. The van der Waals surface area contributed by atoms with E-state index in [2.05, 4.69) is 6.07 Å². The first-order valence-electron chi connectivity index (χ1n) is 6.41. The summed E-state index contributed by atoms with van der Waals surface area (Å²) in [7, 11) is 0. The Morgan fingerprint density at radius 1 is 1.15 bits per heavy atom. The maximum atomic E-state index is 13.0. The number of carbonyl (C=O) groups is 1. The minimum atomic E-state index is -1.22. The van der Waals surface area contributed by atoms with Crippen molar-refractivity contribution in [2.24, 2.45) is 0 Å². The Hall–Kier alpha value is -2.47. The molecule has 0 bridgehead atoms. The molecule has 1 atom stereocenters. The van der Waals surface area contributed by atoms with E-state index in [1.807, 2.05) is 6.07 Å². The number of rotatable bonds is 4. The minimum absolute atomic E-state index is 0.297. The van der Waals surface area contributed by atoms with Gasteiger partial charge in [0, 0.05) is 5.56 Å². The van der Waals surface area contributed by atoms with Gasteiger partial charge in [-0.1, -0.05) is 37.3 Å². The van der Waals surface area contributed by atoms with Crippen LogP contribution in [-0.2, 0) is 5.41 Å². The maximum Gasteiger partial charge on any atom is 0.187 e. The summed E-state index contributed by atoms with van der Waals surface area (Å²) in [6.45, 7) is 1.80. The van der Waals surface area contributed by atoms with Crippen LogP contribution in [0.3, 0.4) is 0 Å². The Balaban J connectivity index is 2.52. The molecular weight excluding hydrogens is 253 g/mol. The summed E-state index contributed by atoms with van der Waals surface area (Å²) in [5, 5.41) is 9.57. The molecule has 2 nitrogen and oxygen atoms in total. The lowest BCUT2D eigenvalue weighted by Gasteiger charge is -2.24. The second-order valence-electron chi connectivity index (χ2n) is 4.57. The number of nitrogens with zero attached hydrogens (tertiary/aromatic N) is 1. The van der Waals surface area contributed by atoms with Gasteiger partial charge in [-0.15, -0.1) is 0 Å². The van der Waals surface area contributed by atoms with Crippen LogP contribution in [0, 0.1) is 17.1 Å². The van der Waals surface area contributed by atoms with Crippen molar-refractivity contribution in [1.29, 1.82) is 5.26 Å². The number of nitriles is 1. The van der Waals surface area contributed by atoms with Gasteiger partial charge in [0.2, 0.25) is 0 Å². The zero-order valence-corrected chi connectivity index (χ0v) is 11.1. The molecule has 20 heavy (non-hydrogen) atoms. The zero-order valence-electron chi connectivity index (χ0n) is 11.1. The number of halogens is 1. The van der Waals surface area contributed by atoms with E-state index in [0.29, 0.717) is 17.5 Å². The van der Waals surface area contributed by atoms with Crippen molar-refractivity contribution in [3.8, 4) is 6.07 Å². The first-order valence-corrected chi connectivity index (χ1v) is 6.41. The number of carbonyl (C=O) groups excluding carboxylic acids is 1. The third-order valence-corrected chi connectivity index (χ3v) is 3.48. The molecule has 100 valence electrons. The predicted molar refractivity (Wildman–Crippen MR) is 74.8 cm³/mol. The Kier molecular flexibility index (Phi) is 3.95. The normalized spacial score (nSPS) is 13.2. The Morgan fingerprint density at radius 3 is 2.25 bits per heavy atom. The van der Waals surface area contributed by atoms with E-state index in [1.54, 1.807) is 31.2 Å². The highest BCUT2D eigenvalue weighted by Crippen LogP contribution is 2.31. The molecule has 0 aliphatic heterocycles. The quantitative estimate of drug-likeness (QED) is 0.789. The van der Waals surface area contributed by atoms with E-state index in [9.17, 15) is 14.4 Å². The summed E-state index contributed by atoms with van der Waals surface area (Å²) in [4.78, 5) is 12.7. The molecule has 2 aromatic carbocycles. The molecule has 0 N–H and O–H groups in total. The average molecular weight is 267 g/mol. The van der Waals surface area contributed by atoms with Gasteiger partial charge in [-0.2, -0.15) is 5.26 Å². The van der Waals surface area contributed by atoms with Crippen molar-refractivity contribution in [3.05, 3.63) is 71.5 Å². The molecule has 2 rings (SSSR count). The van der Waals surface area contributed by atoms with Crippen molar-refractivity contribution >= 4 is 5.78 Å². The van der Waals surface area contributed by atoms with Gasteiger partial charge in [-0.25, -0.2) is 4.39 Å². The highest BCUT2D eigenvalue weighted by molar-refractivity contribution is 6.06. The SMILES string of the molecule is CCC(C#N)(C(=O)c1ccc(F)cc1)c1ccccc1. The summed E-state index contributed by atoms with van der Waals surface area (Å²) in [5.41, 5.74) is -0.211. The third kappa shape index (κ3) is 2.33. The van der Waals surface area contributed by atoms with Crippen LogP contribution < -0.4 is 0 Å². The minimum Gasteiger partial charge on any atom is -0.292 e. The summed E-state index contributed by atoms with van der Waals surface area (Å²) < 4.78 is 13.0. The highest BCUT2D eigenvalue weighted by Gasteiger charge is 2.39. The summed E-state index contributed by atoms with van der Waals surface area (Å²) in [6, 6.07) is 16.4. The fraction of sp³-hybridized carbons (Fsp3) is 0.176. The molecule has 0 aromatic heterocycles. The van der Waals surface area contributed by atoms with Crippen molar-refractivity contribution in [1.82, 2.24) is 0 Å². The van der Waals surface area contributed by atoms with Crippen LogP contribution in [0.2, 0.25) is 0 Å². The van der Waals surface area contributed by atoms with E-state index < -0.39 is 11.2 Å². The van der Waals surface area contributed by atoms with Gasteiger partial charge in [0.25, 0.3) is 0 Å². The van der Waals surface area contributed by atoms with Gasteiger partial charge in [-0.05, 0) is 36.2 Å². The average Bonchev–Trinajstić information content (AvgIpc) is 2.51. The topological polar surface area (TPSA) is 40.9 Å². The molecule has 0 fully saturated rings. The summed E-state index contributed by atoms with van der Waals surface area (Å²) >= 11 is 0. The van der Waals surface area contributed by atoms with Gasteiger partial charge >= 0.3 is 0 Å². The second kappa shape index (κ2) is 5.66. The smallest absolute Gasteiger partial charge is 0.187 e. The lowest BCUT2D eigenvalue weighted by Crippen LogP contribution is -2.33. The van der Waals surface area contributed by atoms with Gasteiger partial charge in [0.1, 0.15) is 11.2 Å². The number of Topliss-reactive ketones (excluding diaryl/α,β-unsaturated/α-hetero) is 1. The molecular formula is C17H14FNO. The van der Waals surface area contributed by atoms with Crippen molar-refractivity contribution in [2.75, 3.05) is 0 Å². The monoisotopic (exact) mass is 267 g/mol. The standard InChI is InChI=1S/C17H14FNO/c1-2-17(12-19,14-6-4-3-5-7-14)16(20)13-8-10-15(18)11-9-13/h3-11H,2H2,1H3. The maximum absolute atomic E-state index is 13.0. The molecule has 0 saturated carbocycles. The largest absolute Gasteiger partial charge is 0.292 e. The van der Waals surface area contributed by atoms with Crippen LogP contribution >= 0.6 is 0 Å². The lowest BCUT2D eigenvalue weighted by atomic mass is 9.74. The number of hydrogen-bond donors (Lipinski definition) is 0. The van der Waals surface area contributed by atoms with Crippen LogP contribution in [-0.4, -0.2) is 5.78 Å². The van der Waals surface area contributed by atoms with Crippen LogP contribution in [0.15, 0.2) is 54.6 Å². The molecule has 0 spiro atoms. The van der Waals surface area contributed by atoms with E-state index in [1.165, 1.54) is 24.3 Å². The summed E-state index contributed by atoms with van der Waals surface area (Å²) in [5.74, 6) is -0.700. The van der Waals surface area contributed by atoms with Crippen molar-refractivity contribution < 1.29 is 9.18 Å². The number of hydrogen-bond acceptors (Lipinski definition) is 2. The fourth-order valence-corrected chi connectivity index (χ4v) is 2.26. The molecule has 0 heterocycles. The fourth-order valence-electron chi connectivity index (χ4n) is 2.26. The summed E-state index contributed by atoms with van der Waals surface area (Å²) in [6.07, 6.45) is 0.365. The molecule has 0 aliphatic rings. The van der Waals surface area contributed by atoms with Crippen LogP contribution in [0.25, 0.3) is 0 Å². The second-order valence-corrected chi connectivity index (χ2v) is 4.57. The van der Waals surface area contributed by atoms with Crippen molar-refractivity contribution in [2.45, 2.75) is 18.8 Å². The van der Waals surface area contributed by atoms with Gasteiger partial charge in [0.15, 0.2) is 5.78 Å². The zero-order chi connectivity index (χ0) is 14.6. The molecule has 1 unspecified atom stereocenters. The first kappa shape index (κ1) is 14.0. The van der Waals surface area contributed by atoms with Gasteiger partial charge in [0.05, 0.1) is 6.07 Å². The van der Waals surface area contributed by atoms with Crippen LogP contribution in [0.1, 0.15) is 29.3 Å². The van der Waals surface area contributed by atoms with Crippen molar-refractivity contribution in [3.63, 3.8) is 0 Å². The van der Waals surface area contributed by atoms with Crippen LogP contribution in [0.5, 0.6) is 0 Å². The van der Waals surface area contributed by atoms with Crippen LogP contribution in [0.4, 0.5) is 4.39 Å². The third-order valence-electron chi connectivity index (χ3n) is 3.48.